The molecule has 0 unspecified atom stereocenters. The summed E-state index contributed by atoms with van der Waals surface area (Å²) >= 11 is 1.75. The van der Waals surface area contributed by atoms with Crippen molar-refractivity contribution in [2.45, 2.75) is 36.8 Å². The number of hydrogen-bond donors (Lipinski definition) is 1. The molecule has 3 nitrogen and oxygen atoms in total. The summed E-state index contributed by atoms with van der Waals surface area (Å²) in [5.74, 6) is 0.753. The number of carbonyl (C=O) groups is 1. The van der Waals surface area contributed by atoms with Crippen molar-refractivity contribution in [3.8, 4) is 0 Å². The number of nitrogens with two attached hydrogens (primary N) is 1. The Morgan fingerprint density at radius 3 is 2.60 bits per heavy atom. The largest absolute Gasteiger partial charge is 0.339 e. The standard InChI is InChI=1S/C16H24N2OS/c1-12(2)20-15-6-4-3-5-14(15)16(19)18-9-7-13(11-17)8-10-18/h3-6,12-13H,7-11,17H2,1-2H3. The van der Waals surface area contributed by atoms with E-state index in [4.69, 9.17) is 5.73 Å². The molecule has 1 aliphatic heterocycles. The van der Waals surface area contributed by atoms with Crippen LogP contribution in [0.15, 0.2) is 29.2 Å². The van der Waals surface area contributed by atoms with Gasteiger partial charge in [-0.15, -0.1) is 11.8 Å². The Bertz CT molecular complexity index is 454. The van der Waals surface area contributed by atoms with Gasteiger partial charge >= 0.3 is 0 Å². The number of carbonyl (C=O) groups excluding carboxylic acids is 1. The van der Waals surface area contributed by atoms with Crippen LogP contribution in [0, 0.1) is 5.92 Å². The first-order valence-electron chi connectivity index (χ1n) is 7.37. The number of likely N-dealkylation sites (tertiary alicyclic amines) is 1. The number of amides is 1. The van der Waals surface area contributed by atoms with Crippen LogP contribution < -0.4 is 5.73 Å². The van der Waals surface area contributed by atoms with Crippen LogP contribution in [0.4, 0.5) is 0 Å². The Labute approximate surface area is 125 Å². The Kier molecular flexibility index (Phi) is 5.49. The minimum atomic E-state index is 0.171. The van der Waals surface area contributed by atoms with Gasteiger partial charge in [0.15, 0.2) is 0 Å². The normalized spacial score (nSPS) is 16.7. The van der Waals surface area contributed by atoms with Gasteiger partial charge in [-0.05, 0) is 37.4 Å². The summed E-state index contributed by atoms with van der Waals surface area (Å²) in [6.07, 6.45) is 2.06. The van der Waals surface area contributed by atoms with E-state index in [9.17, 15) is 4.79 Å². The SMILES string of the molecule is CC(C)Sc1ccccc1C(=O)N1CCC(CN)CC1. The molecule has 4 heteroatoms. The van der Waals surface area contributed by atoms with E-state index in [0.29, 0.717) is 11.2 Å². The summed E-state index contributed by atoms with van der Waals surface area (Å²) < 4.78 is 0. The van der Waals surface area contributed by atoms with E-state index in [0.717, 1.165) is 42.9 Å². The van der Waals surface area contributed by atoms with Crippen LogP contribution in [0.25, 0.3) is 0 Å². The minimum absolute atomic E-state index is 0.171. The van der Waals surface area contributed by atoms with Crippen LogP contribution in [0.1, 0.15) is 37.0 Å². The lowest BCUT2D eigenvalue weighted by atomic mass is 9.96. The lowest BCUT2D eigenvalue weighted by Crippen LogP contribution is -2.40. The Balaban J connectivity index is 2.09. The molecule has 0 aliphatic carbocycles. The second-order valence-corrected chi connectivity index (χ2v) is 7.25. The van der Waals surface area contributed by atoms with E-state index in [1.807, 2.05) is 29.2 Å². The molecule has 1 aliphatic rings. The van der Waals surface area contributed by atoms with Crippen LogP contribution >= 0.6 is 11.8 Å². The topological polar surface area (TPSA) is 46.3 Å². The maximum atomic E-state index is 12.7. The van der Waals surface area contributed by atoms with Gasteiger partial charge in [0.05, 0.1) is 5.56 Å². The third-order valence-corrected chi connectivity index (χ3v) is 4.80. The molecule has 1 aromatic rings. The summed E-state index contributed by atoms with van der Waals surface area (Å²) in [6.45, 7) is 6.71. The fourth-order valence-electron chi connectivity index (χ4n) is 2.54. The van der Waals surface area contributed by atoms with Crippen molar-refractivity contribution in [1.29, 1.82) is 0 Å². The zero-order valence-electron chi connectivity index (χ0n) is 12.3. The lowest BCUT2D eigenvalue weighted by molar-refractivity contribution is 0.0690. The van der Waals surface area contributed by atoms with Gasteiger partial charge in [0.2, 0.25) is 0 Å². The first-order valence-corrected chi connectivity index (χ1v) is 8.24. The minimum Gasteiger partial charge on any atom is -0.339 e. The average molecular weight is 292 g/mol. The van der Waals surface area contributed by atoms with Crippen molar-refractivity contribution in [2.75, 3.05) is 19.6 Å². The summed E-state index contributed by atoms with van der Waals surface area (Å²) in [7, 11) is 0. The van der Waals surface area contributed by atoms with Gasteiger partial charge in [-0.25, -0.2) is 0 Å². The third kappa shape index (κ3) is 3.76. The van der Waals surface area contributed by atoms with Gasteiger partial charge in [0.25, 0.3) is 5.91 Å². The van der Waals surface area contributed by atoms with Gasteiger partial charge in [-0.1, -0.05) is 26.0 Å². The highest BCUT2D eigenvalue weighted by Gasteiger charge is 2.24. The summed E-state index contributed by atoms with van der Waals surface area (Å²) in [5.41, 5.74) is 6.55. The molecular weight excluding hydrogens is 268 g/mol. The highest BCUT2D eigenvalue weighted by atomic mass is 32.2. The van der Waals surface area contributed by atoms with Crippen molar-refractivity contribution < 1.29 is 4.79 Å². The smallest absolute Gasteiger partial charge is 0.254 e. The molecule has 0 spiro atoms. The number of nitrogens with zero attached hydrogens (tertiary/aromatic N) is 1. The molecule has 1 saturated heterocycles. The van der Waals surface area contributed by atoms with E-state index in [-0.39, 0.29) is 5.91 Å². The highest BCUT2D eigenvalue weighted by molar-refractivity contribution is 8.00. The molecule has 110 valence electrons. The highest BCUT2D eigenvalue weighted by Crippen LogP contribution is 2.28. The zero-order chi connectivity index (χ0) is 14.5. The Morgan fingerprint density at radius 1 is 1.35 bits per heavy atom. The van der Waals surface area contributed by atoms with Crippen LogP contribution in [-0.2, 0) is 0 Å². The van der Waals surface area contributed by atoms with Gasteiger partial charge < -0.3 is 10.6 Å². The Hall–Kier alpha value is -1.00. The number of piperidine rings is 1. The van der Waals surface area contributed by atoms with Crippen LogP contribution in [0.2, 0.25) is 0 Å². The fourth-order valence-corrected chi connectivity index (χ4v) is 3.49. The molecular formula is C16H24N2OS. The summed E-state index contributed by atoms with van der Waals surface area (Å²) in [5, 5.41) is 0.479. The molecule has 0 aromatic heterocycles. The van der Waals surface area contributed by atoms with E-state index >= 15 is 0 Å². The summed E-state index contributed by atoms with van der Waals surface area (Å²) in [6, 6.07) is 7.94. The molecule has 20 heavy (non-hydrogen) atoms. The number of thioether (sulfide) groups is 1. The predicted octanol–water partition coefficient (Wildman–Crippen LogP) is 3.00. The van der Waals surface area contributed by atoms with Gasteiger partial charge in [0.1, 0.15) is 0 Å². The first kappa shape index (κ1) is 15.4. The van der Waals surface area contributed by atoms with Crippen LogP contribution in [0.5, 0.6) is 0 Å². The molecule has 1 aromatic carbocycles. The monoisotopic (exact) mass is 292 g/mol. The molecule has 0 saturated carbocycles. The molecule has 1 heterocycles. The van der Waals surface area contributed by atoms with Crippen molar-refractivity contribution >= 4 is 17.7 Å². The molecule has 0 bridgehead atoms. The number of benzene rings is 1. The van der Waals surface area contributed by atoms with Crippen LogP contribution in [0.3, 0.4) is 0 Å². The Morgan fingerprint density at radius 2 is 2.00 bits per heavy atom. The van der Waals surface area contributed by atoms with Gasteiger partial charge in [0, 0.05) is 23.2 Å². The molecule has 0 atom stereocenters. The lowest BCUT2D eigenvalue weighted by Gasteiger charge is -2.32. The van der Waals surface area contributed by atoms with E-state index in [2.05, 4.69) is 13.8 Å². The fraction of sp³-hybridized carbons (Fsp3) is 0.562. The van der Waals surface area contributed by atoms with E-state index in [1.165, 1.54) is 0 Å². The van der Waals surface area contributed by atoms with Gasteiger partial charge in [-0.3, -0.25) is 4.79 Å². The van der Waals surface area contributed by atoms with Crippen molar-refractivity contribution in [1.82, 2.24) is 4.90 Å². The predicted molar refractivity (Wildman–Crippen MR) is 85.1 cm³/mol. The number of hydrogen-bond acceptors (Lipinski definition) is 3. The van der Waals surface area contributed by atoms with Crippen molar-refractivity contribution in [3.63, 3.8) is 0 Å². The van der Waals surface area contributed by atoms with Crippen molar-refractivity contribution in [3.05, 3.63) is 29.8 Å². The van der Waals surface area contributed by atoms with Gasteiger partial charge in [-0.2, -0.15) is 0 Å². The van der Waals surface area contributed by atoms with Crippen molar-refractivity contribution in [2.24, 2.45) is 11.7 Å². The second-order valence-electron chi connectivity index (χ2n) is 5.63. The zero-order valence-corrected chi connectivity index (χ0v) is 13.2. The molecule has 2 N–H and O–H groups in total. The molecule has 0 radical (unpaired) electrons. The maximum Gasteiger partial charge on any atom is 0.254 e. The second kappa shape index (κ2) is 7.14. The first-order chi connectivity index (χ1) is 9.61. The summed E-state index contributed by atoms with van der Waals surface area (Å²) in [4.78, 5) is 15.7. The molecule has 1 fully saturated rings. The molecule has 2 rings (SSSR count). The maximum absolute atomic E-state index is 12.7. The van der Waals surface area contributed by atoms with Crippen LogP contribution in [-0.4, -0.2) is 35.7 Å². The number of rotatable bonds is 4. The van der Waals surface area contributed by atoms with E-state index in [1.54, 1.807) is 11.8 Å². The average Bonchev–Trinajstić information content (AvgIpc) is 2.46. The van der Waals surface area contributed by atoms with E-state index < -0.39 is 0 Å². The third-order valence-electron chi connectivity index (χ3n) is 3.72. The molecule has 1 amide bonds. The quantitative estimate of drug-likeness (QED) is 0.868.